The molecule has 2 aromatic heterocycles. The molecule has 1 saturated heterocycles. The lowest BCUT2D eigenvalue weighted by molar-refractivity contribution is -0.127. The molecule has 0 unspecified atom stereocenters. The molecule has 0 atom stereocenters. The molecule has 34 heavy (non-hydrogen) atoms. The first-order chi connectivity index (χ1) is 16.6. The second-order valence-corrected chi connectivity index (χ2v) is 8.53. The maximum Gasteiger partial charge on any atom is 0.224 e. The van der Waals surface area contributed by atoms with Gasteiger partial charge in [-0.05, 0) is 54.8 Å². The van der Waals surface area contributed by atoms with Crippen LogP contribution < -0.4 is 4.74 Å². The van der Waals surface area contributed by atoms with Gasteiger partial charge in [0.1, 0.15) is 12.1 Å². The number of nitrogens with zero attached hydrogens (tertiary/aromatic N) is 4. The molecular weight excluding hydrogens is 455 g/mol. The Hall–Kier alpha value is -3.58. The van der Waals surface area contributed by atoms with Gasteiger partial charge in [-0.3, -0.25) is 9.78 Å². The van der Waals surface area contributed by atoms with E-state index in [-0.39, 0.29) is 10.9 Å². The van der Waals surface area contributed by atoms with Gasteiger partial charge in [-0.2, -0.15) is 0 Å². The molecule has 8 heteroatoms. The van der Waals surface area contributed by atoms with Gasteiger partial charge in [0.25, 0.3) is 0 Å². The summed E-state index contributed by atoms with van der Waals surface area (Å²) in [6.07, 6.45) is 5.48. The van der Waals surface area contributed by atoms with E-state index in [1.807, 2.05) is 35.2 Å². The third-order valence-corrected chi connectivity index (χ3v) is 6.18. The lowest BCUT2D eigenvalue weighted by Gasteiger charge is -2.15. The van der Waals surface area contributed by atoms with E-state index in [9.17, 15) is 9.18 Å². The van der Waals surface area contributed by atoms with Crippen LogP contribution in [0.15, 0.2) is 61.1 Å². The predicted octanol–water partition coefficient (Wildman–Crippen LogP) is 5.54. The van der Waals surface area contributed by atoms with Crippen LogP contribution in [0, 0.1) is 5.82 Å². The summed E-state index contributed by atoms with van der Waals surface area (Å²) in [5.74, 6) is 0.239. The van der Waals surface area contributed by atoms with Gasteiger partial charge in [0, 0.05) is 36.8 Å². The summed E-state index contributed by atoms with van der Waals surface area (Å²) in [7, 11) is 0. The van der Waals surface area contributed by atoms with Crippen molar-refractivity contribution in [2.75, 3.05) is 19.7 Å². The summed E-state index contributed by atoms with van der Waals surface area (Å²) in [6, 6.07) is 14.2. The van der Waals surface area contributed by atoms with E-state index in [4.69, 9.17) is 16.3 Å². The topological polar surface area (TPSA) is 68.2 Å². The number of aromatic nitrogens is 3. The van der Waals surface area contributed by atoms with Crippen LogP contribution in [-0.4, -0.2) is 45.5 Å². The Bertz CT molecular complexity index is 1360. The molecule has 3 heterocycles. The van der Waals surface area contributed by atoms with E-state index in [1.54, 1.807) is 18.3 Å². The van der Waals surface area contributed by atoms with Crippen molar-refractivity contribution in [1.29, 1.82) is 0 Å². The van der Waals surface area contributed by atoms with E-state index >= 15 is 0 Å². The number of hydrogen-bond acceptors (Lipinski definition) is 5. The lowest BCUT2D eigenvalue weighted by Crippen LogP contribution is -2.26. The summed E-state index contributed by atoms with van der Waals surface area (Å²) in [5.41, 5.74) is 3.95. The molecule has 5 rings (SSSR count). The number of rotatable bonds is 7. The van der Waals surface area contributed by atoms with Crippen LogP contribution in [0.5, 0.6) is 5.88 Å². The Labute approximate surface area is 201 Å². The highest BCUT2D eigenvalue weighted by molar-refractivity contribution is 6.31. The SMILES string of the molecule is O=C1CCCN1CCCOc1ncnc2ccc(-c3cccnc3-c3ccc(F)c(Cl)c3)cc12. The molecule has 0 spiro atoms. The first-order valence-corrected chi connectivity index (χ1v) is 11.5. The maximum absolute atomic E-state index is 13.7. The molecule has 0 aliphatic carbocycles. The highest BCUT2D eigenvalue weighted by Gasteiger charge is 2.19. The Morgan fingerprint density at radius 3 is 2.76 bits per heavy atom. The van der Waals surface area contributed by atoms with Gasteiger partial charge >= 0.3 is 0 Å². The average molecular weight is 477 g/mol. The highest BCUT2D eigenvalue weighted by atomic mass is 35.5. The van der Waals surface area contributed by atoms with Crippen molar-refractivity contribution in [2.45, 2.75) is 19.3 Å². The molecule has 6 nitrogen and oxygen atoms in total. The van der Waals surface area contributed by atoms with E-state index in [0.29, 0.717) is 31.1 Å². The second-order valence-electron chi connectivity index (χ2n) is 8.13. The number of carbonyl (C=O) groups is 1. The predicted molar refractivity (Wildman–Crippen MR) is 129 cm³/mol. The van der Waals surface area contributed by atoms with Crippen molar-refractivity contribution in [2.24, 2.45) is 0 Å². The van der Waals surface area contributed by atoms with E-state index in [2.05, 4.69) is 15.0 Å². The number of pyridine rings is 1. The summed E-state index contributed by atoms with van der Waals surface area (Å²) < 4.78 is 19.7. The van der Waals surface area contributed by atoms with Crippen molar-refractivity contribution < 1.29 is 13.9 Å². The first-order valence-electron chi connectivity index (χ1n) is 11.2. The molecule has 0 bridgehead atoms. The van der Waals surface area contributed by atoms with Crippen LogP contribution in [0.1, 0.15) is 19.3 Å². The molecule has 1 aliphatic rings. The Balaban J connectivity index is 1.42. The van der Waals surface area contributed by atoms with E-state index in [1.165, 1.54) is 12.4 Å². The van der Waals surface area contributed by atoms with Crippen molar-refractivity contribution in [3.05, 3.63) is 71.9 Å². The number of ether oxygens (including phenoxy) is 1. The minimum Gasteiger partial charge on any atom is -0.477 e. The largest absolute Gasteiger partial charge is 0.477 e. The van der Waals surface area contributed by atoms with Gasteiger partial charge in [-0.25, -0.2) is 14.4 Å². The zero-order valence-electron chi connectivity index (χ0n) is 18.4. The van der Waals surface area contributed by atoms with E-state index in [0.717, 1.165) is 47.0 Å². The number of fused-ring (bicyclic) bond motifs is 1. The Morgan fingerprint density at radius 2 is 1.94 bits per heavy atom. The summed E-state index contributed by atoms with van der Waals surface area (Å²) in [5, 5.41) is 0.830. The Kier molecular flexibility index (Phi) is 6.36. The fraction of sp³-hybridized carbons (Fsp3) is 0.231. The van der Waals surface area contributed by atoms with Crippen LogP contribution in [0.4, 0.5) is 4.39 Å². The smallest absolute Gasteiger partial charge is 0.224 e. The molecular formula is C26H22ClFN4O2. The van der Waals surface area contributed by atoms with Crippen LogP contribution in [-0.2, 0) is 4.79 Å². The zero-order valence-corrected chi connectivity index (χ0v) is 19.1. The van der Waals surface area contributed by atoms with Crippen LogP contribution in [0.3, 0.4) is 0 Å². The molecule has 0 saturated carbocycles. The standard InChI is InChI=1S/C26H22ClFN4O2/c27-21-15-18(6-8-22(21)28)25-19(4-1-10-29-25)17-7-9-23-20(14-17)26(31-16-30-23)34-13-3-12-32-11-2-5-24(32)33/h1,4,6-10,14-16H,2-3,5,11-13H2. The lowest BCUT2D eigenvalue weighted by atomic mass is 9.98. The van der Waals surface area contributed by atoms with Gasteiger partial charge in [0.2, 0.25) is 11.8 Å². The number of hydrogen-bond donors (Lipinski definition) is 0. The molecule has 1 amide bonds. The first kappa shape index (κ1) is 22.2. The van der Waals surface area contributed by atoms with Crippen molar-refractivity contribution >= 4 is 28.4 Å². The number of benzene rings is 2. The van der Waals surface area contributed by atoms with Gasteiger partial charge in [-0.1, -0.05) is 23.7 Å². The number of halogens is 2. The molecule has 1 aliphatic heterocycles. The monoisotopic (exact) mass is 476 g/mol. The average Bonchev–Trinajstić information content (AvgIpc) is 3.28. The summed E-state index contributed by atoms with van der Waals surface area (Å²) >= 11 is 6.01. The highest BCUT2D eigenvalue weighted by Crippen LogP contribution is 2.34. The van der Waals surface area contributed by atoms with Crippen LogP contribution >= 0.6 is 11.6 Å². The quantitative estimate of drug-likeness (QED) is 0.327. The van der Waals surface area contributed by atoms with Gasteiger partial charge in [0.15, 0.2) is 0 Å². The van der Waals surface area contributed by atoms with Crippen molar-refractivity contribution in [3.8, 4) is 28.3 Å². The van der Waals surface area contributed by atoms with Crippen LogP contribution in [0.25, 0.3) is 33.3 Å². The van der Waals surface area contributed by atoms with Crippen molar-refractivity contribution in [3.63, 3.8) is 0 Å². The normalized spacial score (nSPS) is 13.6. The molecule has 0 N–H and O–H groups in total. The number of likely N-dealkylation sites (tertiary alicyclic amines) is 1. The third-order valence-electron chi connectivity index (χ3n) is 5.89. The summed E-state index contributed by atoms with van der Waals surface area (Å²) in [4.78, 5) is 26.9. The van der Waals surface area contributed by atoms with Gasteiger partial charge in [-0.15, -0.1) is 0 Å². The Morgan fingerprint density at radius 1 is 1.06 bits per heavy atom. The zero-order chi connectivity index (χ0) is 23.5. The third kappa shape index (κ3) is 4.56. The molecule has 2 aromatic carbocycles. The van der Waals surface area contributed by atoms with Crippen LogP contribution in [0.2, 0.25) is 5.02 Å². The maximum atomic E-state index is 13.7. The minimum atomic E-state index is -0.471. The van der Waals surface area contributed by atoms with Gasteiger partial charge in [0.05, 0.1) is 28.2 Å². The fourth-order valence-corrected chi connectivity index (χ4v) is 4.37. The summed E-state index contributed by atoms with van der Waals surface area (Å²) in [6.45, 7) is 1.96. The van der Waals surface area contributed by atoms with Gasteiger partial charge < -0.3 is 9.64 Å². The van der Waals surface area contributed by atoms with E-state index < -0.39 is 5.82 Å². The molecule has 0 radical (unpaired) electrons. The molecule has 4 aromatic rings. The fourth-order valence-electron chi connectivity index (χ4n) is 4.19. The number of carbonyl (C=O) groups excluding carboxylic acids is 1. The minimum absolute atomic E-state index is 0.0485. The molecule has 172 valence electrons. The second kappa shape index (κ2) is 9.73. The van der Waals surface area contributed by atoms with Crippen molar-refractivity contribution in [1.82, 2.24) is 19.9 Å². The number of amides is 1. The molecule has 1 fully saturated rings.